The van der Waals surface area contributed by atoms with Gasteiger partial charge in [-0.2, -0.15) is 0 Å². The first kappa shape index (κ1) is 62.8. The van der Waals surface area contributed by atoms with Crippen molar-refractivity contribution in [3.63, 3.8) is 0 Å². The number of nitrogens with two attached hydrogens (primary N) is 3. The Labute approximate surface area is 425 Å². The Morgan fingerprint density at radius 3 is 1.81 bits per heavy atom. The number of nitrogens with one attached hydrogen (secondary N) is 7. The van der Waals surface area contributed by atoms with Crippen LogP contribution in [0.1, 0.15) is 130 Å². The molecule has 7 amide bonds. The Balaban J connectivity index is 2.64. The van der Waals surface area contributed by atoms with E-state index in [1.165, 1.54) is 0 Å². The molecular formula is C51H86N10O11. The molecule has 1 aromatic rings. The molecule has 1 saturated heterocycles. The van der Waals surface area contributed by atoms with Gasteiger partial charge in [-0.15, -0.1) is 0 Å². The summed E-state index contributed by atoms with van der Waals surface area (Å²) in [7, 11) is 0. The second-order valence-electron chi connectivity index (χ2n) is 19.8. The van der Waals surface area contributed by atoms with Crippen LogP contribution < -0.4 is 54.4 Å². The number of amides is 7. The molecule has 0 unspecified atom stereocenters. The van der Waals surface area contributed by atoms with E-state index in [1.54, 1.807) is 30.3 Å². The van der Waals surface area contributed by atoms with Gasteiger partial charge in [0, 0.05) is 37.8 Å². The maximum atomic E-state index is 14.4. The quantitative estimate of drug-likeness (QED) is 0.0590. The number of carbonyl (C=O) groups is 9. The fourth-order valence-electron chi connectivity index (χ4n) is 8.48. The summed E-state index contributed by atoms with van der Waals surface area (Å²) in [6.45, 7) is 7.80. The van der Waals surface area contributed by atoms with Crippen molar-refractivity contribution in [2.24, 2.45) is 40.9 Å². The van der Waals surface area contributed by atoms with Crippen molar-refractivity contribution in [1.29, 1.82) is 0 Å². The van der Waals surface area contributed by atoms with Gasteiger partial charge in [-0.05, 0) is 75.4 Å². The number of carbonyl (C=O) groups excluding carboxylic acids is 9. The van der Waals surface area contributed by atoms with Gasteiger partial charge in [0.15, 0.2) is 11.6 Å². The summed E-state index contributed by atoms with van der Waals surface area (Å²) in [5.74, 6) is -9.02. The van der Waals surface area contributed by atoms with Crippen molar-refractivity contribution in [1.82, 2.24) is 37.2 Å². The van der Waals surface area contributed by atoms with Crippen molar-refractivity contribution in [2.45, 2.75) is 173 Å². The van der Waals surface area contributed by atoms with Gasteiger partial charge in [0.05, 0.1) is 31.2 Å². The predicted molar refractivity (Wildman–Crippen MR) is 272 cm³/mol. The third-order valence-corrected chi connectivity index (χ3v) is 12.5. The molecule has 21 nitrogen and oxygen atoms in total. The lowest BCUT2D eigenvalue weighted by atomic mass is 9.89. The van der Waals surface area contributed by atoms with Gasteiger partial charge < -0.3 is 64.6 Å². The van der Waals surface area contributed by atoms with Gasteiger partial charge in [0.1, 0.15) is 24.2 Å². The molecule has 2 rings (SSSR count). The van der Waals surface area contributed by atoms with E-state index < -0.39 is 127 Å². The smallest absolute Gasteiger partial charge is 0.245 e. The molecule has 15 N–H and O–H groups in total. The minimum atomic E-state index is -1.57. The van der Waals surface area contributed by atoms with Crippen LogP contribution in [-0.2, 0) is 49.6 Å². The molecule has 406 valence electrons. The monoisotopic (exact) mass is 1010 g/mol. The number of Topliss-reactive ketones (excluding diaryl/α,β-unsaturated/α-hetero) is 2. The predicted octanol–water partition coefficient (Wildman–Crippen LogP) is -0.339. The van der Waals surface area contributed by atoms with Crippen LogP contribution in [0.3, 0.4) is 0 Å². The molecule has 0 aliphatic carbocycles. The van der Waals surface area contributed by atoms with Crippen LogP contribution in [0.5, 0.6) is 0 Å². The van der Waals surface area contributed by atoms with Gasteiger partial charge in [-0.3, -0.25) is 43.2 Å². The number of unbranched alkanes of at least 4 members (excludes halogenated alkanes) is 4. The van der Waals surface area contributed by atoms with Crippen LogP contribution in [0, 0.1) is 23.7 Å². The average Bonchev–Trinajstić information content (AvgIpc) is 3.32. The molecule has 0 spiro atoms. The molecule has 0 saturated carbocycles. The van der Waals surface area contributed by atoms with Crippen molar-refractivity contribution in [3.8, 4) is 0 Å². The molecule has 1 heterocycles. The maximum Gasteiger partial charge on any atom is 0.245 e. The normalized spacial score (nSPS) is 23.5. The molecule has 72 heavy (non-hydrogen) atoms. The van der Waals surface area contributed by atoms with E-state index >= 15 is 0 Å². The highest BCUT2D eigenvalue weighted by atomic mass is 16.3. The summed E-state index contributed by atoms with van der Waals surface area (Å²) < 4.78 is 0. The highest BCUT2D eigenvalue weighted by molar-refractivity contribution is 5.98. The topological polar surface area (TPSA) is 356 Å². The minimum Gasteiger partial charge on any atom is -0.394 e. The van der Waals surface area contributed by atoms with Crippen LogP contribution in [0.2, 0.25) is 0 Å². The fraction of sp³-hybridized carbons (Fsp3) is 0.706. The van der Waals surface area contributed by atoms with Crippen LogP contribution in [0.4, 0.5) is 0 Å². The number of hydrogen-bond acceptors (Lipinski definition) is 14. The number of benzene rings is 1. The van der Waals surface area contributed by atoms with Crippen molar-refractivity contribution >= 4 is 52.9 Å². The molecule has 0 aromatic heterocycles. The lowest BCUT2D eigenvalue weighted by molar-refractivity contribution is -0.136. The third-order valence-electron chi connectivity index (χ3n) is 12.5. The van der Waals surface area contributed by atoms with E-state index in [0.29, 0.717) is 12.0 Å². The van der Waals surface area contributed by atoms with E-state index in [4.69, 9.17) is 17.2 Å². The van der Waals surface area contributed by atoms with Crippen molar-refractivity contribution in [3.05, 3.63) is 35.9 Å². The van der Waals surface area contributed by atoms with E-state index in [2.05, 4.69) is 44.1 Å². The van der Waals surface area contributed by atoms with Crippen molar-refractivity contribution < 1.29 is 53.4 Å². The second kappa shape index (κ2) is 34.1. The zero-order chi connectivity index (χ0) is 53.8. The highest BCUT2D eigenvalue weighted by Crippen LogP contribution is 2.19. The number of rotatable bonds is 24. The van der Waals surface area contributed by atoms with E-state index in [1.807, 2.05) is 27.7 Å². The standard InChI is InChI=1S/C51H86N10O11/c1-6-7-8-9-13-16-36(63)28-45(66)56-41(29-54)44(65)26-34-19-22-55-48(69)39(23-31(2)3)60-49(70)38(18-21-53)58-51(72)42(30-62)61-50(71)40(24-32(4)5)59-47(68)35(25-33-14-11-10-12-15-33)27-43(64)37(17-20-52)57-46(34)67/h10-12,14-15,31-32,34-42,62-63H,6-9,13,16-30,52-54H2,1-5H3,(H,55,69)(H,56,66)(H,57,67)(H,58,72)(H,59,68)(H,60,70)(H,61,71)/t34-,35+,36-,37+,38+,39+,40+,41-,42+/m1/s1. The Morgan fingerprint density at radius 1 is 0.681 bits per heavy atom. The summed E-state index contributed by atoms with van der Waals surface area (Å²) in [4.78, 5) is 125. The SMILES string of the molecule is CCCCCCC[C@@H](O)CC(=O)N[C@H](CN)C(=O)C[C@H]1CCNC(=O)[C@H](CC(C)C)NC(=O)[C@H](CCN)NC(=O)[C@H](CO)NC(=O)[C@H](CC(C)C)NC(=O)[C@@H](Cc2ccccc2)CC(=O)[C@H](CCN)NC1=O. The lowest BCUT2D eigenvalue weighted by Gasteiger charge is -2.27. The molecule has 1 aliphatic heterocycles. The molecule has 0 radical (unpaired) electrons. The van der Waals surface area contributed by atoms with Gasteiger partial charge in [0.25, 0.3) is 0 Å². The van der Waals surface area contributed by atoms with Gasteiger partial charge in [-0.1, -0.05) is 97.1 Å². The number of aliphatic hydroxyl groups is 2. The van der Waals surface area contributed by atoms with Crippen LogP contribution in [0.15, 0.2) is 30.3 Å². The molecule has 21 heteroatoms. The molecule has 1 aromatic carbocycles. The fourth-order valence-corrected chi connectivity index (χ4v) is 8.48. The summed E-state index contributed by atoms with van der Waals surface area (Å²) in [6, 6.07) is 1.06. The van der Waals surface area contributed by atoms with E-state index in [0.717, 1.165) is 32.1 Å². The van der Waals surface area contributed by atoms with Crippen molar-refractivity contribution in [2.75, 3.05) is 32.8 Å². The highest BCUT2D eigenvalue weighted by Gasteiger charge is 2.36. The Bertz CT molecular complexity index is 1890. The lowest BCUT2D eigenvalue weighted by Crippen LogP contribution is -2.59. The molecule has 1 aliphatic rings. The number of aliphatic hydroxyl groups excluding tert-OH is 2. The van der Waals surface area contributed by atoms with Gasteiger partial charge in [-0.25, -0.2) is 0 Å². The van der Waals surface area contributed by atoms with Gasteiger partial charge in [0.2, 0.25) is 41.4 Å². The minimum absolute atomic E-state index is 0.0425. The van der Waals surface area contributed by atoms with Gasteiger partial charge >= 0.3 is 0 Å². The number of ketones is 2. The van der Waals surface area contributed by atoms with Crippen LogP contribution in [-0.4, -0.2) is 138 Å². The molecule has 1 fully saturated rings. The largest absolute Gasteiger partial charge is 0.394 e. The zero-order valence-corrected chi connectivity index (χ0v) is 43.2. The summed E-state index contributed by atoms with van der Waals surface area (Å²) >= 11 is 0. The summed E-state index contributed by atoms with van der Waals surface area (Å²) in [5, 5.41) is 39.3. The zero-order valence-electron chi connectivity index (χ0n) is 43.2. The summed E-state index contributed by atoms with van der Waals surface area (Å²) in [5.41, 5.74) is 18.5. The third kappa shape index (κ3) is 23.5. The second-order valence-corrected chi connectivity index (χ2v) is 19.8. The van der Waals surface area contributed by atoms with Crippen LogP contribution in [0.25, 0.3) is 0 Å². The van der Waals surface area contributed by atoms with E-state index in [-0.39, 0.29) is 83.0 Å². The summed E-state index contributed by atoms with van der Waals surface area (Å²) in [6.07, 6.45) is 3.04. The first-order valence-corrected chi connectivity index (χ1v) is 25.8. The van der Waals surface area contributed by atoms with Crippen LogP contribution >= 0.6 is 0 Å². The number of hydrogen-bond donors (Lipinski definition) is 12. The average molecular weight is 1020 g/mol. The first-order valence-electron chi connectivity index (χ1n) is 25.8. The Hall–Kier alpha value is -5.35. The molecule has 0 bridgehead atoms. The maximum absolute atomic E-state index is 14.4. The Morgan fingerprint density at radius 2 is 1.21 bits per heavy atom. The first-order chi connectivity index (χ1) is 34.3. The van der Waals surface area contributed by atoms with E-state index in [9.17, 15) is 53.4 Å². The molecule has 9 atom stereocenters. The molecular weight excluding hydrogens is 929 g/mol. The Kier molecular flexibility index (Phi) is 29.8.